The van der Waals surface area contributed by atoms with Crippen LogP contribution in [0.3, 0.4) is 0 Å². The number of rotatable bonds is 3. The monoisotopic (exact) mass is 279 g/mol. The third-order valence-electron chi connectivity index (χ3n) is 4.06. The molecule has 0 bridgehead atoms. The molecule has 2 heterocycles. The number of benzene rings is 1. The lowest BCUT2D eigenvalue weighted by Crippen LogP contribution is -2.05. The largest absolute Gasteiger partial charge is 0.324 e. The first-order chi connectivity index (χ1) is 10.4. The Balaban J connectivity index is 1.69. The molecule has 1 N–H and O–H groups in total. The van der Waals surface area contributed by atoms with Crippen molar-refractivity contribution in [2.75, 3.05) is 5.32 Å². The van der Waals surface area contributed by atoms with Gasteiger partial charge < -0.3 is 9.88 Å². The molecule has 106 valence electrons. The smallest absolute Gasteiger partial charge is 0.229 e. The van der Waals surface area contributed by atoms with Crippen LogP contribution >= 0.6 is 0 Å². The molecule has 0 radical (unpaired) electrons. The summed E-state index contributed by atoms with van der Waals surface area (Å²) in [5, 5.41) is 3.24. The van der Waals surface area contributed by atoms with Gasteiger partial charge >= 0.3 is 0 Å². The van der Waals surface area contributed by atoms with Gasteiger partial charge in [0, 0.05) is 11.7 Å². The second-order valence-electron chi connectivity index (χ2n) is 5.48. The SMILES string of the molecule is c1ccc(Nc2ncc3ncn(C4CCCC4)c3n2)cc1. The van der Waals surface area contributed by atoms with Crippen LogP contribution in [0.4, 0.5) is 11.6 Å². The third kappa shape index (κ3) is 2.35. The lowest BCUT2D eigenvalue weighted by atomic mass is 10.2. The Bertz CT molecular complexity index is 744. The van der Waals surface area contributed by atoms with Crippen LogP contribution in [0.5, 0.6) is 0 Å². The van der Waals surface area contributed by atoms with E-state index in [1.165, 1.54) is 25.7 Å². The predicted octanol–water partition coefficient (Wildman–Crippen LogP) is 3.69. The summed E-state index contributed by atoms with van der Waals surface area (Å²) in [6, 6.07) is 10.5. The molecule has 1 fully saturated rings. The number of hydrogen-bond acceptors (Lipinski definition) is 4. The molecular formula is C16H17N5. The van der Waals surface area contributed by atoms with E-state index < -0.39 is 0 Å². The number of nitrogens with one attached hydrogen (secondary N) is 1. The fraction of sp³-hybridized carbons (Fsp3) is 0.312. The highest BCUT2D eigenvalue weighted by atomic mass is 15.2. The van der Waals surface area contributed by atoms with Gasteiger partial charge in [-0.05, 0) is 25.0 Å². The minimum Gasteiger partial charge on any atom is -0.324 e. The van der Waals surface area contributed by atoms with Crippen LogP contribution in [-0.2, 0) is 0 Å². The molecule has 5 heteroatoms. The predicted molar refractivity (Wildman–Crippen MR) is 82.6 cm³/mol. The van der Waals surface area contributed by atoms with Crippen LogP contribution in [0.1, 0.15) is 31.7 Å². The molecule has 1 aromatic carbocycles. The molecule has 2 aromatic heterocycles. The van der Waals surface area contributed by atoms with E-state index in [0.29, 0.717) is 12.0 Å². The second kappa shape index (κ2) is 5.16. The summed E-state index contributed by atoms with van der Waals surface area (Å²) < 4.78 is 2.21. The normalized spacial score (nSPS) is 15.6. The average molecular weight is 279 g/mol. The first-order valence-electron chi connectivity index (χ1n) is 7.42. The van der Waals surface area contributed by atoms with Crippen molar-refractivity contribution < 1.29 is 0 Å². The van der Waals surface area contributed by atoms with Gasteiger partial charge in [0.05, 0.1) is 12.5 Å². The molecule has 1 aliphatic rings. The number of imidazole rings is 1. The number of aromatic nitrogens is 4. The first kappa shape index (κ1) is 12.3. The maximum atomic E-state index is 4.65. The van der Waals surface area contributed by atoms with E-state index >= 15 is 0 Å². The molecule has 1 saturated carbocycles. The van der Waals surface area contributed by atoms with Crippen molar-refractivity contribution in [2.24, 2.45) is 0 Å². The van der Waals surface area contributed by atoms with Gasteiger partial charge in [0.2, 0.25) is 5.95 Å². The Morgan fingerprint density at radius 3 is 2.67 bits per heavy atom. The van der Waals surface area contributed by atoms with Crippen molar-refractivity contribution in [3.63, 3.8) is 0 Å². The minimum absolute atomic E-state index is 0.537. The average Bonchev–Trinajstić information content (AvgIpc) is 3.16. The van der Waals surface area contributed by atoms with Crippen LogP contribution in [0.25, 0.3) is 11.2 Å². The number of para-hydroxylation sites is 1. The van der Waals surface area contributed by atoms with Gasteiger partial charge in [-0.2, -0.15) is 4.98 Å². The molecule has 21 heavy (non-hydrogen) atoms. The van der Waals surface area contributed by atoms with Crippen molar-refractivity contribution in [3.05, 3.63) is 42.9 Å². The molecule has 1 aliphatic carbocycles. The van der Waals surface area contributed by atoms with E-state index in [0.717, 1.165) is 16.9 Å². The summed E-state index contributed by atoms with van der Waals surface area (Å²) in [6.07, 6.45) is 8.73. The molecule has 0 atom stereocenters. The molecule has 0 amide bonds. The van der Waals surface area contributed by atoms with E-state index in [-0.39, 0.29) is 0 Å². The van der Waals surface area contributed by atoms with Gasteiger partial charge in [0.25, 0.3) is 0 Å². The van der Waals surface area contributed by atoms with Crippen molar-refractivity contribution in [1.29, 1.82) is 0 Å². The fourth-order valence-corrected chi connectivity index (χ4v) is 2.99. The fourth-order valence-electron chi connectivity index (χ4n) is 2.99. The molecule has 0 aliphatic heterocycles. The number of anilines is 2. The summed E-state index contributed by atoms with van der Waals surface area (Å²) in [6.45, 7) is 0. The summed E-state index contributed by atoms with van der Waals surface area (Å²) in [4.78, 5) is 13.4. The Labute approximate surface area is 123 Å². The van der Waals surface area contributed by atoms with Gasteiger partial charge in [-0.25, -0.2) is 9.97 Å². The summed E-state index contributed by atoms with van der Waals surface area (Å²) >= 11 is 0. The highest BCUT2D eigenvalue weighted by Crippen LogP contribution is 2.31. The minimum atomic E-state index is 0.537. The standard InChI is InChI=1S/C16H17N5/c1-2-6-12(7-3-1)19-16-17-10-14-15(20-16)21(11-18-14)13-8-4-5-9-13/h1-3,6-7,10-11,13H,4-5,8-9H2,(H,17,19,20). The zero-order valence-corrected chi connectivity index (χ0v) is 11.7. The lowest BCUT2D eigenvalue weighted by molar-refractivity contribution is 0.529. The third-order valence-corrected chi connectivity index (χ3v) is 4.06. The van der Waals surface area contributed by atoms with Gasteiger partial charge in [0.1, 0.15) is 5.52 Å². The van der Waals surface area contributed by atoms with Gasteiger partial charge in [-0.15, -0.1) is 0 Å². The van der Waals surface area contributed by atoms with Crippen LogP contribution in [-0.4, -0.2) is 19.5 Å². The Morgan fingerprint density at radius 2 is 1.86 bits per heavy atom. The van der Waals surface area contributed by atoms with Crippen molar-refractivity contribution in [1.82, 2.24) is 19.5 Å². The maximum Gasteiger partial charge on any atom is 0.229 e. The molecule has 5 nitrogen and oxygen atoms in total. The Kier molecular flexibility index (Phi) is 3.03. The van der Waals surface area contributed by atoms with Crippen LogP contribution < -0.4 is 5.32 Å². The zero-order chi connectivity index (χ0) is 14.1. The molecular weight excluding hydrogens is 262 g/mol. The highest BCUT2D eigenvalue weighted by Gasteiger charge is 2.19. The number of nitrogens with zero attached hydrogens (tertiary/aromatic N) is 4. The second-order valence-corrected chi connectivity index (χ2v) is 5.48. The van der Waals surface area contributed by atoms with Crippen molar-refractivity contribution in [2.45, 2.75) is 31.7 Å². The number of fused-ring (bicyclic) bond motifs is 1. The van der Waals surface area contributed by atoms with Crippen LogP contribution in [0.2, 0.25) is 0 Å². The van der Waals surface area contributed by atoms with E-state index in [1.54, 1.807) is 6.20 Å². The molecule has 0 unspecified atom stereocenters. The van der Waals surface area contributed by atoms with Gasteiger partial charge in [-0.3, -0.25) is 0 Å². The number of hydrogen-bond donors (Lipinski definition) is 1. The first-order valence-corrected chi connectivity index (χ1v) is 7.42. The summed E-state index contributed by atoms with van der Waals surface area (Å²) in [5.41, 5.74) is 2.78. The summed E-state index contributed by atoms with van der Waals surface area (Å²) in [5.74, 6) is 0.619. The van der Waals surface area contributed by atoms with E-state index in [4.69, 9.17) is 0 Å². The molecule has 0 spiro atoms. The molecule has 0 saturated heterocycles. The summed E-state index contributed by atoms with van der Waals surface area (Å²) in [7, 11) is 0. The lowest BCUT2D eigenvalue weighted by Gasteiger charge is -2.11. The van der Waals surface area contributed by atoms with Gasteiger partial charge in [0.15, 0.2) is 5.65 Å². The van der Waals surface area contributed by atoms with Crippen molar-refractivity contribution >= 4 is 22.8 Å². The maximum absolute atomic E-state index is 4.65. The van der Waals surface area contributed by atoms with E-state index in [9.17, 15) is 0 Å². The quantitative estimate of drug-likeness (QED) is 0.794. The van der Waals surface area contributed by atoms with E-state index in [2.05, 4.69) is 24.8 Å². The molecule has 4 rings (SSSR count). The van der Waals surface area contributed by atoms with E-state index in [1.807, 2.05) is 36.7 Å². The van der Waals surface area contributed by atoms with Crippen LogP contribution in [0, 0.1) is 0 Å². The topological polar surface area (TPSA) is 55.6 Å². The molecule has 3 aromatic rings. The Morgan fingerprint density at radius 1 is 1.05 bits per heavy atom. The highest BCUT2D eigenvalue weighted by molar-refractivity contribution is 5.72. The van der Waals surface area contributed by atoms with Crippen molar-refractivity contribution in [3.8, 4) is 0 Å². The van der Waals surface area contributed by atoms with Gasteiger partial charge in [-0.1, -0.05) is 31.0 Å². The Hall–Kier alpha value is -2.43. The van der Waals surface area contributed by atoms with Crippen LogP contribution in [0.15, 0.2) is 42.9 Å². The zero-order valence-electron chi connectivity index (χ0n) is 11.7.